The van der Waals surface area contributed by atoms with Gasteiger partial charge < -0.3 is 15.7 Å². The van der Waals surface area contributed by atoms with Crippen LogP contribution in [0.25, 0.3) is 0 Å². The van der Waals surface area contributed by atoms with Crippen molar-refractivity contribution in [2.24, 2.45) is 5.41 Å². The first-order chi connectivity index (χ1) is 8.75. The first-order valence-corrected chi connectivity index (χ1v) is 6.03. The molecule has 3 N–H and O–H groups in total. The zero-order valence-corrected chi connectivity index (χ0v) is 10.3. The highest BCUT2D eigenvalue weighted by Gasteiger charge is 2.38. The zero-order valence-electron chi connectivity index (χ0n) is 10.3. The van der Waals surface area contributed by atoms with Gasteiger partial charge in [0.1, 0.15) is 0 Å². The van der Waals surface area contributed by atoms with E-state index in [0.29, 0.717) is 5.41 Å². The number of hydrogen-bond acceptors (Lipinski definition) is 3. The van der Waals surface area contributed by atoms with Crippen LogP contribution in [0.4, 0.5) is 13.2 Å². The zero-order chi connectivity index (χ0) is 14.5. The topological polar surface area (TPSA) is 78.4 Å². The lowest BCUT2D eigenvalue weighted by atomic mass is 9.72. The Morgan fingerprint density at radius 1 is 1.16 bits per heavy atom. The number of aliphatic carboxylic acids is 1. The molecule has 2 aliphatic heterocycles. The Balaban J connectivity index is 0.000000224. The molecule has 1 spiro atoms. The van der Waals surface area contributed by atoms with Gasteiger partial charge >= 0.3 is 12.1 Å². The minimum atomic E-state index is -5.08. The van der Waals surface area contributed by atoms with Gasteiger partial charge in [0.15, 0.2) is 0 Å². The predicted molar refractivity (Wildman–Crippen MR) is 60.5 cm³/mol. The van der Waals surface area contributed by atoms with Crippen LogP contribution < -0.4 is 10.6 Å². The summed E-state index contributed by atoms with van der Waals surface area (Å²) < 4.78 is 31.7. The Kier molecular flexibility index (Phi) is 5.16. The van der Waals surface area contributed by atoms with Crippen molar-refractivity contribution in [2.45, 2.75) is 31.9 Å². The van der Waals surface area contributed by atoms with Gasteiger partial charge in [-0.2, -0.15) is 13.2 Å². The fourth-order valence-electron chi connectivity index (χ4n) is 2.34. The highest BCUT2D eigenvalue weighted by Crippen LogP contribution is 2.37. The molecule has 0 saturated carbocycles. The van der Waals surface area contributed by atoms with Crippen molar-refractivity contribution in [1.82, 2.24) is 10.6 Å². The largest absolute Gasteiger partial charge is 0.490 e. The molecule has 0 aliphatic carbocycles. The van der Waals surface area contributed by atoms with Gasteiger partial charge in [-0.1, -0.05) is 0 Å². The molecule has 2 saturated heterocycles. The summed E-state index contributed by atoms with van der Waals surface area (Å²) >= 11 is 0. The maximum absolute atomic E-state index is 11.2. The van der Waals surface area contributed by atoms with Gasteiger partial charge in [0.2, 0.25) is 5.91 Å². The van der Waals surface area contributed by atoms with Crippen molar-refractivity contribution < 1.29 is 27.9 Å². The molecule has 110 valence electrons. The van der Waals surface area contributed by atoms with Gasteiger partial charge in [-0.25, -0.2) is 4.79 Å². The normalized spacial score (nSPS) is 22.2. The summed E-state index contributed by atoms with van der Waals surface area (Å²) in [5.41, 5.74) is 0.355. The van der Waals surface area contributed by atoms with Crippen LogP contribution in [0.15, 0.2) is 0 Å². The van der Waals surface area contributed by atoms with E-state index in [1.165, 1.54) is 19.3 Å². The fraction of sp³-hybridized carbons (Fsp3) is 0.818. The molecule has 0 atom stereocenters. The third-order valence-electron chi connectivity index (χ3n) is 3.42. The number of carbonyl (C=O) groups excluding carboxylic acids is 1. The average Bonchev–Trinajstić information content (AvgIpc) is 2.29. The molecule has 0 aromatic rings. The lowest BCUT2D eigenvalue weighted by molar-refractivity contribution is -0.192. The lowest BCUT2D eigenvalue weighted by Crippen LogP contribution is -2.46. The molecule has 2 heterocycles. The van der Waals surface area contributed by atoms with Crippen molar-refractivity contribution in [3.8, 4) is 0 Å². The molecule has 1 amide bonds. The molecule has 2 rings (SSSR count). The Morgan fingerprint density at radius 2 is 1.63 bits per heavy atom. The van der Waals surface area contributed by atoms with Gasteiger partial charge in [0.05, 0.1) is 0 Å². The van der Waals surface area contributed by atoms with E-state index in [9.17, 15) is 18.0 Å². The van der Waals surface area contributed by atoms with Gasteiger partial charge in [0, 0.05) is 13.0 Å². The summed E-state index contributed by atoms with van der Waals surface area (Å²) in [5, 5.41) is 13.4. The molecule has 5 nitrogen and oxygen atoms in total. The number of carboxylic acid groups (broad SMARTS) is 1. The summed E-state index contributed by atoms with van der Waals surface area (Å²) in [6.45, 7) is 3.07. The SMILES string of the molecule is O=C(O)C(F)(F)F.O=C1CC2(CCNCC2)CCN1. The van der Waals surface area contributed by atoms with Gasteiger partial charge in [-0.05, 0) is 37.8 Å². The summed E-state index contributed by atoms with van der Waals surface area (Å²) in [6, 6.07) is 0. The minimum Gasteiger partial charge on any atom is -0.475 e. The lowest BCUT2D eigenvalue weighted by Gasteiger charge is -2.40. The molecule has 2 aliphatic rings. The summed E-state index contributed by atoms with van der Waals surface area (Å²) in [4.78, 5) is 20.1. The van der Waals surface area contributed by atoms with Crippen molar-refractivity contribution >= 4 is 11.9 Å². The third kappa shape index (κ3) is 5.06. The number of halogens is 3. The van der Waals surface area contributed by atoms with Crippen LogP contribution >= 0.6 is 0 Å². The number of alkyl halides is 3. The number of hydrogen-bond donors (Lipinski definition) is 3. The summed E-state index contributed by atoms with van der Waals surface area (Å²) in [6.07, 6.45) is -0.782. The van der Waals surface area contributed by atoms with E-state index in [1.807, 2.05) is 0 Å². The van der Waals surface area contributed by atoms with E-state index in [-0.39, 0.29) is 5.91 Å². The van der Waals surface area contributed by atoms with E-state index < -0.39 is 12.1 Å². The van der Waals surface area contributed by atoms with Crippen LogP contribution in [-0.4, -0.2) is 42.8 Å². The third-order valence-corrected chi connectivity index (χ3v) is 3.42. The summed E-state index contributed by atoms with van der Waals surface area (Å²) in [7, 11) is 0. The predicted octanol–water partition coefficient (Wildman–Crippen LogP) is 0.899. The van der Waals surface area contributed by atoms with Crippen LogP contribution in [0.2, 0.25) is 0 Å². The average molecular weight is 282 g/mol. The Labute approximate surface area is 108 Å². The highest BCUT2D eigenvalue weighted by molar-refractivity contribution is 5.77. The first-order valence-electron chi connectivity index (χ1n) is 6.03. The number of nitrogens with one attached hydrogen (secondary N) is 2. The van der Waals surface area contributed by atoms with E-state index in [4.69, 9.17) is 9.90 Å². The molecular weight excluding hydrogens is 265 g/mol. The van der Waals surface area contributed by atoms with E-state index in [0.717, 1.165) is 26.1 Å². The number of amides is 1. The van der Waals surface area contributed by atoms with Crippen LogP contribution in [0.1, 0.15) is 25.7 Å². The van der Waals surface area contributed by atoms with Crippen molar-refractivity contribution in [2.75, 3.05) is 19.6 Å². The molecule has 8 heteroatoms. The standard InChI is InChI=1S/C9H16N2O.C2HF3O2/c12-8-7-9(3-6-11-8)1-4-10-5-2-9;3-2(4,5)1(6)7/h10H,1-7H2,(H,11,12);(H,6,7). The molecule has 19 heavy (non-hydrogen) atoms. The van der Waals surface area contributed by atoms with Crippen molar-refractivity contribution in [3.05, 3.63) is 0 Å². The first kappa shape index (κ1) is 15.7. The number of carboxylic acids is 1. The fourth-order valence-corrected chi connectivity index (χ4v) is 2.34. The van der Waals surface area contributed by atoms with Crippen LogP contribution in [-0.2, 0) is 9.59 Å². The Bertz CT molecular complexity index is 333. The molecule has 0 aromatic heterocycles. The quantitative estimate of drug-likeness (QED) is 0.617. The van der Waals surface area contributed by atoms with Crippen LogP contribution in [0.5, 0.6) is 0 Å². The monoisotopic (exact) mass is 282 g/mol. The van der Waals surface area contributed by atoms with Crippen LogP contribution in [0.3, 0.4) is 0 Å². The van der Waals surface area contributed by atoms with Gasteiger partial charge in [-0.15, -0.1) is 0 Å². The minimum absolute atomic E-state index is 0.253. The van der Waals surface area contributed by atoms with Crippen LogP contribution in [0, 0.1) is 5.41 Å². The molecule has 0 aromatic carbocycles. The van der Waals surface area contributed by atoms with E-state index in [1.54, 1.807) is 0 Å². The van der Waals surface area contributed by atoms with Gasteiger partial charge in [-0.3, -0.25) is 4.79 Å². The molecule has 0 unspecified atom stereocenters. The highest BCUT2D eigenvalue weighted by atomic mass is 19.4. The maximum atomic E-state index is 11.2. The molecule has 0 radical (unpaired) electrons. The molecule has 0 bridgehead atoms. The van der Waals surface area contributed by atoms with E-state index >= 15 is 0 Å². The molecular formula is C11H17F3N2O3. The number of carbonyl (C=O) groups is 2. The second-order valence-electron chi connectivity index (χ2n) is 4.83. The smallest absolute Gasteiger partial charge is 0.475 e. The maximum Gasteiger partial charge on any atom is 0.490 e. The number of piperidine rings is 2. The molecule has 2 fully saturated rings. The Morgan fingerprint density at radius 3 is 2.05 bits per heavy atom. The van der Waals surface area contributed by atoms with Crippen molar-refractivity contribution in [1.29, 1.82) is 0 Å². The number of rotatable bonds is 0. The second-order valence-corrected chi connectivity index (χ2v) is 4.83. The van der Waals surface area contributed by atoms with E-state index in [2.05, 4.69) is 10.6 Å². The summed E-state index contributed by atoms with van der Waals surface area (Å²) in [5.74, 6) is -2.50. The van der Waals surface area contributed by atoms with Gasteiger partial charge in [0.25, 0.3) is 0 Å². The second kappa shape index (κ2) is 6.23. The Hall–Kier alpha value is -1.31. The van der Waals surface area contributed by atoms with Crippen molar-refractivity contribution in [3.63, 3.8) is 0 Å².